The lowest BCUT2D eigenvalue weighted by Gasteiger charge is -2.47. The number of hydrogen-bond acceptors (Lipinski definition) is 3. The van der Waals surface area contributed by atoms with Gasteiger partial charge < -0.3 is 5.11 Å². The summed E-state index contributed by atoms with van der Waals surface area (Å²) in [6, 6.07) is 6.04. The Morgan fingerprint density at radius 3 is 2.94 bits per heavy atom. The molecule has 1 aliphatic heterocycles. The number of aliphatic hydroxyl groups is 1. The zero-order chi connectivity index (χ0) is 12.3. The summed E-state index contributed by atoms with van der Waals surface area (Å²) in [7, 11) is 0. The van der Waals surface area contributed by atoms with Crippen LogP contribution in [0.5, 0.6) is 0 Å². The number of aromatic nitrogens is 1. The lowest BCUT2D eigenvalue weighted by atomic mass is 9.79. The average Bonchev–Trinajstić information content (AvgIpc) is 2.33. The molecule has 1 saturated heterocycles. The minimum absolute atomic E-state index is 0.0600. The molecule has 3 heteroatoms. The van der Waals surface area contributed by atoms with Crippen molar-refractivity contribution in [1.82, 2.24) is 9.88 Å². The lowest BCUT2D eigenvalue weighted by Crippen LogP contribution is -2.53. The first-order chi connectivity index (χ1) is 8.14. The number of rotatable bonds is 3. The molecule has 1 aromatic rings. The molecule has 0 saturated carbocycles. The summed E-state index contributed by atoms with van der Waals surface area (Å²) in [5.41, 5.74) is 1.17. The SMILES string of the molecule is CC1(C)C(CO)CCCN1Cc1ccccn1. The molecule has 0 aromatic carbocycles. The van der Waals surface area contributed by atoms with Gasteiger partial charge >= 0.3 is 0 Å². The van der Waals surface area contributed by atoms with E-state index in [1.807, 2.05) is 18.3 Å². The first kappa shape index (κ1) is 12.5. The Labute approximate surface area is 103 Å². The van der Waals surface area contributed by atoms with Crippen molar-refractivity contribution in [3.8, 4) is 0 Å². The second kappa shape index (κ2) is 5.15. The Hall–Kier alpha value is -0.930. The zero-order valence-corrected chi connectivity index (χ0v) is 10.8. The van der Waals surface area contributed by atoms with E-state index in [9.17, 15) is 5.11 Å². The molecule has 1 unspecified atom stereocenters. The molecule has 0 spiro atoms. The van der Waals surface area contributed by atoms with Crippen LogP contribution in [0.15, 0.2) is 24.4 Å². The smallest absolute Gasteiger partial charge is 0.0544 e. The average molecular weight is 234 g/mol. The minimum Gasteiger partial charge on any atom is -0.396 e. The monoisotopic (exact) mass is 234 g/mol. The van der Waals surface area contributed by atoms with Crippen molar-refractivity contribution in [3.05, 3.63) is 30.1 Å². The van der Waals surface area contributed by atoms with Crippen LogP contribution in [0.4, 0.5) is 0 Å². The van der Waals surface area contributed by atoms with Gasteiger partial charge in [0.05, 0.1) is 5.69 Å². The maximum Gasteiger partial charge on any atom is 0.0544 e. The van der Waals surface area contributed by atoms with Crippen molar-refractivity contribution in [2.75, 3.05) is 13.2 Å². The summed E-state index contributed by atoms with van der Waals surface area (Å²) in [6.45, 7) is 6.72. The van der Waals surface area contributed by atoms with Crippen LogP contribution in [0, 0.1) is 5.92 Å². The van der Waals surface area contributed by atoms with Gasteiger partial charge in [-0.2, -0.15) is 0 Å². The Morgan fingerprint density at radius 1 is 1.47 bits per heavy atom. The van der Waals surface area contributed by atoms with E-state index in [1.165, 1.54) is 6.42 Å². The van der Waals surface area contributed by atoms with Crippen LogP contribution in [0.1, 0.15) is 32.4 Å². The lowest BCUT2D eigenvalue weighted by molar-refractivity contribution is -0.0106. The second-order valence-electron chi connectivity index (χ2n) is 5.42. The number of nitrogens with zero attached hydrogens (tertiary/aromatic N) is 2. The zero-order valence-electron chi connectivity index (χ0n) is 10.8. The molecule has 1 fully saturated rings. The van der Waals surface area contributed by atoms with Crippen LogP contribution in [0.3, 0.4) is 0 Å². The molecule has 0 radical (unpaired) electrons. The largest absolute Gasteiger partial charge is 0.396 e. The van der Waals surface area contributed by atoms with Gasteiger partial charge in [-0.3, -0.25) is 9.88 Å². The van der Waals surface area contributed by atoms with E-state index in [0.29, 0.717) is 5.92 Å². The molecule has 1 aromatic heterocycles. The molecule has 17 heavy (non-hydrogen) atoms. The fourth-order valence-electron chi connectivity index (χ4n) is 2.71. The molecule has 1 atom stereocenters. The quantitative estimate of drug-likeness (QED) is 0.869. The maximum atomic E-state index is 9.47. The molecule has 2 rings (SSSR count). The van der Waals surface area contributed by atoms with E-state index in [-0.39, 0.29) is 12.1 Å². The molecule has 0 amide bonds. The van der Waals surface area contributed by atoms with Gasteiger partial charge in [0, 0.05) is 24.9 Å². The third kappa shape index (κ3) is 2.67. The summed E-state index contributed by atoms with van der Waals surface area (Å²) >= 11 is 0. The van der Waals surface area contributed by atoms with Crippen LogP contribution >= 0.6 is 0 Å². The molecule has 0 bridgehead atoms. The van der Waals surface area contributed by atoms with Crippen LogP contribution in [-0.2, 0) is 6.54 Å². The first-order valence-corrected chi connectivity index (χ1v) is 6.40. The Kier molecular flexibility index (Phi) is 3.79. The topological polar surface area (TPSA) is 36.4 Å². The number of hydrogen-bond donors (Lipinski definition) is 1. The number of piperidine rings is 1. The molecule has 1 N–H and O–H groups in total. The Bertz CT molecular complexity index is 350. The minimum atomic E-state index is 0.0600. The first-order valence-electron chi connectivity index (χ1n) is 6.40. The number of pyridine rings is 1. The highest BCUT2D eigenvalue weighted by molar-refractivity contribution is 5.05. The maximum absolute atomic E-state index is 9.47. The third-order valence-electron chi connectivity index (χ3n) is 4.09. The summed E-state index contributed by atoms with van der Waals surface area (Å²) in [5.74, 6) is 0.375. The van der Waals surface area contributed by atoms with Crippen molar-refractivity contribution in [2.24, 2.45) is 5.92 Å². The van der Waals surface area contributed by atoms with Crippen LogP contribution < -0.4 is 0 Å². The number of aliphatic hydroxyl groups excluding tert-OH is 1. The fourth-order valence-corrected chi connectivity index (χ4v) is 2.71. The highest BCUT2D eigenvalue weighted by atomic mass is 16.3. The summed E-state index contributed by atoms with van der Waals surface area (Å²) in [5, 5.41) is 9.47. The van der Waals surface area contributed by atoms with E-state index >= 15 is 0 Å². The van der Waals surface area contributed by atoms with E-state index in [4.69, 9.17) is 0 Å². The van der Waals surface area contributed by atoms with E-state index in [2.05, 4.69) is 29.8 Å². The highest BCUT2D eigenvalue weighted by Crippen LogP contribution is 2.33. The Morgan fingerprint density at radius 2 is 2.29 bits per heavy atom. The van der Waals surface area contributed by atoms with Crippen LogP contribution in [-0.4, -0.2) is 33.7 Å². The standard InChI is InChI=1S/C14H22N2O/c1-14(2)12(11-17)6-5-9-16(14)10-13-7-3-4-8-15-13/h3-4,7-8,12,17H,5-6,9-11H2,1-2H3. The molecular formula is C14H22N2O. The molecular weight excluding hydrogens is 212 g/mol. The molecule has 94 valence electrons. The third-order valence-corrected chi connectivity index (χ3v) is 4.09. The van der Waals surface area contributed by atoms with Crippen LogP contribution in [0.25, 0.3) is 0 Å². The van der Waals surface area contributed by atoms with E-state index < -0.39 is 0 Å². The van der Waals surface area contributed by atoms with Gasteiger partial charge in [0.1, 0.15) is 0 Å². The van der Waals surface area contributed by atoms with Gasteiger partial charge in [-0.1, -0.05) is 6.07 Å². The summed E-state index contributed by atoms with van der Waals surface area (Å²) < 4.78 is 0. The van der Waals surface area contributed by atoms with Crippen LogP contribution in [0.2, 0.25) is 0 Å². The van der Waals surface area contributed by atoms with E-state index in [1.54, 1.807) is 0 Å². The van der Waals surface area contributed by atoms with Crippen molar-refractivity contribution in [3.63, 3.8) is 0 Å². The van der Waals surface area contributed by atoms with Crippen molar-refractivity contribution >= 4 is 0 Å². The van der Waals surface area contributed by atoms with Gasteiger partial charge in [0.2, 0.25) is 0 Å². The second-order valence-corrected chi connectivity index (χ2v) is 5.42. The highest BCUT2D eigenvalue weighted by Gasteiger charge is 2.37. The predicted octanol–water partition coefficient (Wildman–Crippen LogP) is 2.06. The molecule has 2 heterocycles. The van der Waals surface area contributed by atoms with Gasteiger partial charge in [-0.15, -0.1) is 0 Å². The summed E-state index contributed by atoms with van der Waals surface area (Å²) in [4.78, 5) is 6.83. The van der Waals surface area contributed by atoms with Gasteiger partial charge in [0.25, 0.3) is 0 Å². The van der Waals surface area contributed by atoms with E-state index in [0.717, 1.165) is 25.2 Å². The van der Waals surface area contributed by atoms with Gasteiger partial charge in [-0.05, 0) is 51.3 Å². The molecule has 3 nitrogen and oxygen atoms in total. The predicted molar refractivity (Wildman–Crippen MR) is 68.5 cm³/mol. The van der Waals surface area contributed by atoms with Gasteiger partial charge in [0.15, 0.2) is 0 Å². The number of likely N-dealkylation sites (tertiary alicyclic amines) is 1. The normalized spacial score (nSPS) is 24.8. The Balaban J connectivity index is 2.10. The molecule has 0 aliphatic carbocycles. The molecule has 1 aliphatic rings. The summed E-state index contributed by atoms with van der Waals surface area (Å²) in [6.07, 6.45) is 4.14. The van der Waals surface area contributed by atoms with Crippen molar-refractivity contribution in [2.45, 2.75) is 38.8 Å². The fraction of sp³-hybridized carbons (Fsp3) is 0.643. The van der Waals surface area contributed by atoms with Crippen molar-refractivity contribution in [1.29, 1.82) is 0 Å². The van der Waals surface area contributed by atoms with Crippen molar-refractivity contribution < 1.29 is 5.11 Å². The van der Waals surface area contributed by atoms with Gasteiger partial charge in [-0.25, -0.2) is 0 Å².